The number of aromatic nitrogens is 2. The largest absolute Gasteiger partial charge is 0.462 e. The predicted molar refractivity (Wildman–Crippen MR) is 107 cm³/mol. The van der Waals surface area contributed by atoms with Crippen LogP contribution in [0.4, 0.5) is 0 Å². The van der Waals surface area contributed by atoms with Gasteiger partial charge in [-0.1, -0.05) is 30.3 Å². The number of nitrogens with zero attached hydrogens (tertiary/aromatic N) is 2. The lowest BCUT2D eigenvalue weighted by atomic mass is 10.00. The van der Waals surface area contributed by atoms with Crippen molar-refractivity contribution in [1.29, 1.82) is 0 Å². The summed E-state index contributed by atoms with van der Waals surface area (Å²) in [6, 6.07) is 9.29. The van der Waals surface area contributed by atoms with Crippen LogP contribution in [0.25, 0.3) is 11.1 Å². The third-order valence-corrected chi connectivity index (χ3v) is 4.52. The van der Waals surface area contributed by atoms with Gasteiger partial charge in [0, 0.05) is 18.2 Å². The Morgan fingerprint density at radius 3 is 2.28 bits per heavy atom. The summed E-state index contributed by atoms with van der Waals surface area (Å²) in [7, 11) is 0. The molecular formula is C22H24N2O5. The van der Waals surface area contributed by atoms with E-state index in [1.165, 1.54) is 6.26 Å². The lowest BCUT2D eigenvalue weighted by molar-refractivity contribution is 0.0512. The second-order valence-electron chi connectivity index (χ2n) is 6.43. The average Bonchev–Trinajstić information content (AvgIpc) is 3.24. The average molecular weight is 396 g/mol. The van der Waals surface area contributed by atoms with Gasteiger partial charge in [0.15, 0.2) is 5.89 Å². The van der Waals surface area contributed by atoms with Crippen LogP contribution in [0, 0.1) is 13.8 Å². The van der Waals surface area contributed by atoms with E-state index in [2.05, 4.69) is 4.98 Å². The van der Waals surface area contributed by atoms with Gasteiger partial charge in [-0.2, -0.15) is 0 Å². The van der Waals surface area contributed by atoms with Crippen LogP contribution in [-0.2, 0) is 16.0 Å². The van der Waals surface area contributed by atoms with Crippen molar-refractivity contribution in [2.75, 3.05) is 13.2 Å². The van der Waals surface area contributed by atoms with Crippen molar-refractivity contribution in [2.24, 2.45) is 0 Å². The molecule has 0 aliphatic rings. The molecule has 2 aromatic heterocycles. The molecule has 3 aromatic rings. The van der Waals surface area contributed by atoms with E-state index >= 15 is 0 Å². The number of hydrogen-bond acceptors (Lipinski definition) is 6. The van der Waals surface area contributed by atoms with E-state index in [-0.39, 0.29) is 19.8 Å². The molecule has 29 heavy (non-hydrogen) atoms. The predicted octanol–water partition coefficient (Wildman–Crippen LogP) is 4.16. The lowest BCUT2D eigenvalue weighted by Crippen LogP contribution is -2.15. The van der Waals surface area contributed by atoms with Crippen molar-refractivity contribution < 1.29 is 23.5 Å². The molecule has 7 heteroatoms. The highest BCUT2D eigenvalue weighted by Crippen LogP contribution is 2.34. The fourth-order valence-corrected chi connectivity index (χ4v) is 3.33. The summed E-state index contributed by atoms with van der Waals surface area (Å²) in [6.45, 7) is 7.73. The van der Waals surface area contributed by atoms with E-state index in [1.54, 1.807) is 32.3 Å². The number of ether oxygens (including phenoxy) is 2. The SMILES string of the molecule is CCOC(=O)c1c(-c2ccccc2)c(C(=O)OCC)n(Cc2coc(C)n2)c1C. The van der Waals surface area contributed by atoms with Gasteiger partial charge in [0.25, 0.3) is 0 Å². The monoisotopic (exact) mass is 396 g/mol. The van der Waals surface area contributed by atoms with Crippen molar-refractivity contribution in [3.8, 4) is 11.1 Å². The standard InChI is InChI=1S/C22H24N2O5/c1-5-27-21(25)18-14(3)24(12-17-13-29-15(4)23-17)20(22(26)28-6-2)19(18)16-10-8-7-9-11-16/h7-11,13H,5-6,12H2,1-4H3. The maximum Gasteiger partial charge on any atom is 0.355 e. The zero-order valence-corrected chi connectivity index (χ0v) is 17.0. The summed E-state index contributed by atoms with van der Waals surface area (Å²) < 4.78 is 17.7. The first-order valence-electron chi connectivity index (χ1n) is 9.51. The van der Waals surface area contributed by atoms with Gasteiger partial charge >= 0.3 is 11.9 Å². The quantitative estimate of drug-likeness (QED) is 0.558. The van der Waals surface area contributed by atoms with Crippen LogP contribution in [0.3, 0.4) is 0 Å². The van der Waals surface area contributed by atoms with Crippen molar-refractivity contribution in [1.82, 2.24) is 9.55 Å². The minimum atomic E-state index is -0.509. The Labute approximate surface area is 169 Å². The highest BCUT2D eigenvalue weighted by Gasteiger charge is 2.31. The molecule has 0 unspecified atom stereocenters. The summed E-state index contributed by atoms with van der Waals surface area (Å²) in [4.78, 5) is 30.1. The summed E-state index contributed by atoms with van der Waals surface area (Å²) >= 11 is 0. The van der Waals surface area contributed by atoms with E-state index in [0.29, 0.717) is 34.1 Å². The van der Waals surface area contributed by atoms with Crippen LogP contribution in [0.15, 0.2) is 41.0 Å². The molecule has 0 fully saturated rings. The summed E-state index contributed by atoms with van der Waals surface area (Å²) in [5.41, 5.74) is 3.12. The first kappa shape index (κ1) is 20.4. The zero-order valence-electron chi connectivity index (χ0n) is 17.0. The number of carbonyl (C=O) groups is 2. The second-order valence-corrected chi connectivity index (χ2v) is 6.43. The van der Waals surface area contributed by atoms with E-state index in [4.69, 9.17) is 13.9 Å². The van der Waals surface area contributed by atoms with Gasteiger partial charge in [0.05, 0.1) is 31.0 Å². The Balaban J connectivity index is 2.28. The number of oxazole rings is 1. The third kappa shape index (κ3) is 4.08. The minimum Gasteiger partial charge on any atom is -0.462 e. The molecule has 2 heterocycles. The number of carbonyl (C=O) groups excluding carboxylic acids is 2. The molecule has 0 atom stereocenters. The highest BCUT2D eigenvalue weighted by molar-refractivity contribution is 6.07. The van der Waals surface area contributed by atoms with Gasteiger partial charge in [-0.25, -0.2) is 14.6 Å². The second kappa shape index (κ2) is 8.77. The van der Waals surface area contributed by atoms with Crippen molar-refractivity contribution in [2.45, 2.75) is 34.2 Å². The molecule has 7 nitrogen and oxygen atoms in total. The number of hydrogen-bond donors (Lipinski definition) is 0. The number of benzene rings is 1. The molecule has 0 bridgehead atoms. The van der Waals surface area contributed by atoms with Gasteiger partial charge in [0.1, 0.15) is 12.0 Å². The maximum atomic E-state index is 13.0. The van der Waals surface area contributed by atoms with Gasteiger partial charge < -0.3 is 18.5 Å². The van der Waals surface area contributed by atoms with E-state index in [1.807, 2.05) is 30.3 Å². The molecule has 0 radical (unpaired) electrons. The molecule has 1 aromatic carbocycles. The normalized spacial score (nSPS) is 10.8. The Hall–Kier alpha value is -3.35. The molecule has 0 saturated heterocycles. The molecule has 0 saturated carbocycles. The van der Waals surface area contributed by atoms with E-state index < -0.39 is 11.9 Å². The van der Waals surface area contributed by atoms with Crippen LogP contribution >= 0.6 is 0 Å². The molecular weight excluding hydrogens is 372 g/mol. The zero-order chi connectivity index (χ0) is 21.0. The lowest BCUT2D eigenvalue weighted by Gasteiger charge is -2.11. The van der Waals surface area contributed by atoms with E-state index in [0.717, 1.165) is 5.56 Å². The molecule has 0 spiro atoms. The highest BCUT2D eigenvalue weighted by atomic mass is 16.5. The molecule has 0 amide bonds. The maximum absolute atomic E-state index is 13.0. The summed E-state index contributed by atoms with van der Waals surface area (Å²) in [5.74, 6) is -0.467. The topological polar surface area (TPSA) is 83.6 Å². The fourth-order valence-electron chi connectivity index (χ4n) is 3.33. The molecule has 3 rings (SSSR count). The Morgan fingerprint density at radius 1 is 1.03 bits per heavy atom. The Kier molecular flexibility index (Phi) is 6.16. The number of aryl methyl sites for hydroxylation is 1. The Morgan fingerprint density at radius 2 is 1.69 bits per heavy atom. The van der Waals surface area contributed by atoms with Crippen molar-refractivity contribution >= 4 is 11.9 Å². The van der Waals surface area contributed by atoms with Gasteiger partial charge in [0.2, 0.25) is 0 Å². The van der Waals surface area contributed by atoms with Crippen LogP contribution in [0.2, 0.25) is 0 Å². The van der Waals surface area contributed by atoms with Gasteiger partial charge in [-0.3, -0.25) is 0 Å². The third-order valence-electron chi connectivity index (χ3n) is 4.52. The summed E-state index contributed by atoms with van der Waals surface area (Å²) in [5, 5.41) is 0. The smallest absolute Gasteiger partial charge is 0.355 e. The number of rotatable bonds is 7. The number of esters is 2. The molecule has 0 aliphatic carbocycles. The van der Waals surface area contributed by atoms with Crippen LogP contribution in [-0.4, -0.2) is 34.7 Å². The van der Waals surface area contributed by atoms with Gasteiger partial charge in [-0.15, -0.1) is 0 Å². The minimum absolute atomic E-state index is 0.217. The molecule has 152 valence electrons. The van der Waals surface area contributed by atoms with Crippen molar-refractivity contribution in [3.05, 3.63) is 65.1 Å². The van der Waals surface area contributed by atoms with Crippen LogP contribution in [0.1, 0.15) is 52.0 Å². The fraction of sp³-hybridized carbons (Fsp3) is 0.318. The van der Waals surface area contributed by atoms with Crippen LogP contribution < -0.4 is 0 Å². The first-order chi connectivity index (χ1) is 14.0. The molecule has 0 aliphatic heterocycles. The molecule has 0 N–H and O–H groups in total. The first-order valence-corrected chi connectivity index (χ1v) is 9.51. The van der Waals surface area contributed by atoms with Crippen LogP contribution in [0.5, 0.6) is 0 Å². The Bertz CT molecular complexity index is 1020. The van der Waals surface area contributed by atoms with Crippen molar-refractivity contribution in [3.63, 3.8) is 0 Å². The van der Waals surface area contributed by atoms with Gasteiger partial charge in [-0.05, 0) is 26.3 Å². The van der Waals surface area contributed by atoms with E-state index in [9.17, 15) is 9.59 Å². The summed E-state index contributed by atoms with van der Waals surface area (Å²) in [6.07, 6.45) is 1.54.